The van der Waals surface area contributed by atoms with Gasteiger partial charge in [-0.05, 0) is 95.9 Å². The Bertz CT molecular complexity index is 810. The van der Waals surface area contributed by atoms with Crippen molar-refractivity contribution in [3.05, 3.63) is 0 Å². The summed E-state index contributed by atoms with van der Waals surface area (Å²) >= 11 is 0. The molecule has 0 spiro atoms. The van der Waals surface area contributed by atoms with Crippen molar-refractivity contribution in [1.82, 2.24) is 0 Å². The Morgan fingerprint density at radius 2 is 0.615 bits per heavy atom. The summed E-state index contributed by atoms with van der Waals surface area (Å²) in [5.74, 6) is 0. The standard InChI is InChI=1S/C20H44P2.2CHF3O3S.Pd/c1-17(2,3)21(18(4,5)6)15-13-14-16-22(19(7,8)9)20(10,11)12;2*2-1(3,4)8(5,6)7;/h13-16H2,1-12H3;2*(H,5,6,7);/q;;;+2. The number of rotatable bonds is 5. The molecule has 0 radical (unpaired) electrons. The topological polar surface area (TPSA) is 114 Å². The molecule has 0 N–H and O–H groups in total. The summed E-state index contributed by atoms with van der Waals surface area (Å²) in [5.41, 5.74) is -11.3. The van der Waals surface area contributed by atoms with Crippen LogP contribution in [-0.2, 0) is 40.7 Å². The Morgan fingerprint density at radius 1 is 0.487 bits per heavy atom. The molecule has 242 valence electrons. The molecule has 0 heterocycles. The SMILES string of the molecule is CC(C)(C)[PH+](CCCC[PH+](C(C)(C)C)C(C)(C)C)C(C)(C)C.O=S(=O)([O-])C(F)(F)F.O=S(=O)([O-])C(F)(F)F.[Pd+2]. The van der Waals surface area contributed by atoms with Gasteiger partial charge in [-0.3, -0.25) is 0 Å². The molecule has 0 aliphatic heterocycles. The molecule has 0 aromatic carbocycles. The summed E-state index contributed by atoms with van der Waals surface area (Å²) in [5, 5.41) is 2.07. The zero-order valence-corrected chi connectivity index (χ0v) is 29.9. The van der Waals surface area contributed by atoms with Gasteiger partial charge in [-0.1, -0.05) is 0 Å². The number of alkyl halides is 6. The molecule has 6 nitrogen and oxygen atoms in total. The second-order valence-electron chi connectivity index (χ2n) is 13.0. The molecule has 0 bridgehead atoms. The summed E-state index contributed by atoms with van der Waals surface area (Å²) in [6.07, 6.45) is 5.87. The Balaban J connectivity index is -0.000000295. The van der Waals surface area contributed by atoms with E-state index >= 15 is 0 Å². The predicted molar refractivity (Wildman–Crippen MR) is 146 cm³/mol. The fourth-order valence-electron chi connectivity index (χ4n) is 4.35. The van der Waals surface area contributed by atoms with E-state index in [1.165, 1.54) is 25.2 Å². The molecular weight excluding hydrogens is 707 g/mol. The molecule has 39 heavy (non-hydrogen) atoms. The van der Waals surface area contributed by atoms with Crippen molar-refractivity contribution in [2.24, 2.45) is 0 Å². The third kappa shape index (κ3) is 21.3. The largest absolute Gasteiger partial charge is 2.00 e. The average Bonchev–Trinajstić information content (AvgIpc) is 2.50. The number of unbranched alkanes of at least 4 members (excludes halogenated alkanes) is 1. The van der Waals surface area contributed by atoms with E-state index in [-0.39, 0.29) is 36.3 Å². The minimum Gasteiger partial charge on any atom is -0.741 e. The Labute approximate surface area is 247 Å². The second kappa shape index (κ2) is 16.1. The second-order valence-corrected chi connectivity index (χ2v) is 24.6. The van der Waals surface area contributed by atoms with Crippen molar-refractivity contribution in [3.63, 3.8) is 0 Å². The van der Waals surface area contributed by atoms with Gasteiger partial charge in [0.1, 0.15) is 0 Å². The van der Waals surface area contributed by atoms with Gasteiger partial charge in [0, 0.05) is 15.8 Å². The van der Waals surface area contributed by atoms with Gasteiger partial charge in [0.15, 0.2) is 20.2 Å². The van der Waals surface area contributed by atoms with Crippen LogP contribution in [-0.4, -0.2) is 69.9 Å². The quantitative estimate of drug-likeness (QED) is 0.0719. The molecule has 0 aromatic rings. The van der Waals surface area contributed by atoms with Crippen LogP contribution in [0.4, 0.5) is 26.3 Å². The molecule has 0 saturated heterocycles. The van der Waals surface area contributed by atoms with Crippen LogP contribution >= 0.6 is 15.8 Å². The smallest absolute Gasteiger partial charge is 0.741 e. The summed E-state index contributed by atoms with van der Waals surface area (Å²) in [6, 6.07) is 0. The molecule has 17 heteroatoms. The molecule has 0 rings (SSSR count). The van der Waals surface area contributed by atoms with Crippen LogP contribution in [0.5, 0.6) is 0 Å². The van der Waals surface area contributed by atoms with E-state index in [2.05, 4.69) is 83.1 Å². The third-order valence-corrected chi connectivity index (χ3v) is 15.4. The summed E-state index contributed by atoms with van der Waals surface area (Å²) in [4.78, 5) is 0. The van der Waals surface area contributed by atoms with Gasteiger partial charge in [0.2, 0.25) is 0 Å². The number of halogens is 6. The van der Waals surface area contributed by atoms with Crippen molar-refractivity contribution in [1.29, 1.82) is 0 Å². The predicted octanol–water partition coefficient (Wildman–Crippen LogP) is 7.49. The van der Waals surface area contributed by atoms with Crippen LogP contribution in [0.3, 0.4) is 0 Å². The molecule has 0 unspecified atom stereocenters. The summed E-state index contributed by atoms with van der Waals surface area (Å²) in [6.45, 7) is 29.6. The van der Waals surface area contributed by atoms with Crippen LogP contribution in [0.25, 0.3) is 0 Å². The van der Waals surface area contributed by atoms with E-state index in [0.29, 0.717) is 20.6 Å². The van der Waals surface area contributed by atoms with E-state index in [0.717, 1.165) is 0 Å². The van der Waals surface area contributed by atoms with Gasteiger partial charge in [-0.25, -0.2) is 16.8 Å². The van der Waals surface area contributed by atoms with Gasteiger partial charge in [0.25, 0.3) is 0 Å². The first-order chi connectivity index (χ1) is 16.0. The van der Waals surface area contributed by atoms with Crippen LogP contribution in [0.2, 0.25) is 0 Å². The molecule has 0 aliphatic rings. The maximum atomic E-state index is 10.7. The monoisotopic (exact) mass is 752 g/mol. The fourth-order valence-corrected chi connectivity index (χ4v) is 13.1. The van der Waals surface area contributed by atoms with E-state index in [1.54, 1.807) is 0 Å². The first-order valence-corrected chi connectivity index (χ1v) is 18.0. The van der Waals surface area contributed by atoms with Crippen molar-refractivity contribution < 1.29 is 72.7 Å². The van der Waals surface area contributed by atoms with E-state index in [9.17, 15) is 26.3 Å². The Hall–Kier alpha value is 0.922. The van der Waals surface area contributed by atoms with Gasteiger partial charge in [0.05, 0.1) is 32.9 Å². The fraction of sp³-hybridized carbons (Fsp3) is 1.00. The van der Waals surface area contributed by atoms with E-state index < -0.39 is 31.3 Å². The third-order valence-electron chi connectivity index (χ3n) is 5.29. The van der Waals surface area contributed by atoms with Gasteiger partial charge in [-0.15, -0.1) is 0 Å². The molecule has 0 saturated carbocycles. The zero-order chi connectivity index (χ0) is 32.0. The molecular formula is C22H46F6O6P2PdS2+2. The molecule has 0 amide bonds. The molecule has 0 aliphatic carbocycles. The van der Waals surface area contributed by atoms with E-state index in [1.807, 2.05) is 0 Å². The summed E-state index contributed by atoms with van der Waals surface area (Å²) in [7, 11) is -12.8. The summed E-state index contributed by atoms with van der Waals surface area (Å²) < 4.78 is 118. The maximum absolute atomic E-state index is 10.7. The zero-order valence-electron chi connectivity index (χ0n) is 24.7. The molecule has 0 fully saturated rings. The van der Waals surface area contributed by atoms with Crippen LogP contribution in [0.15, 0.2) is 0 Å². The van der Waals surface area contributed by atoms with Crippen LogP contribution in [0.1, 0.15) is 95.9 Å². The van der Waals surface area contributed by atoms with Crippen molar-refractivity contribution in [3.8, 4) is 0 Å². The van der Waals surface area contributed by atoms with E-state index in [4.69, 9.17) is 25.9 Å². The first-order valence-electron chi connectivity index (χ1n) is 11.7. The van der Waals surface area contributed by atoms with Crippen molar-refractivity contribution in [2.75, 3.05) is 12.3 Å². The maximum Gasteiger partial charge on any atom is 2.00 e. The Morgan fingerprint density at radius 3 is 0.692 bits per heavy atom. The number of hydrogen-bond donors (Lipinski definition) is 0. The van der Waals surface area contributed by atoms with Gasteiger partial charge in [-0.2, -0.15) is 26.3 Å². The minimum atomic E-state index is -6.09. The van der Waals surface area contributed by atoms with Crippen molar-refractivity contribution >= 4 is 36.1 Å². The Kier molecular flexibility index (Phi) is 19.4. The van der Waals surface area contributed by atoms with Gasteiger partial charge >= 0.3 is 31.4 Å². The first kappa shape index (κ1) is 46.9. The van der Waals surface area contributed by atoms with Crippen LogP contribution < -0.4 is 0 Å². The van der Waals surface area contributed by atoms with Gasteiger partial charge < -0.3 is 9.11 Å². The number of hydrogen-bond acceptors (Lipinski definition) is 6. The minimum absolute atomic E-state index is 0. The molecule has 0 atom stereocenters. The normalized spacial score (nSPS) is 14.2. The average molecular weight is 753 g/mol. The molecule has 0 aromatic heterocycles. The van der Waals surface area contributed by atoms with Crippen molar-refractivity contribution in [2.45, 2.75) is 128 Å². The van der Waals surface area contributed by atoms with Crippen LogP contribution in [0, 0.1) is 0 Å².